The van der Waals surface area contributed by atoms with E-state index in [-0.39, 0.29) is 35.4 Å². The van der Waals surface area contributed by atoms with E-state index < -0.39 is 12.7 Å². The Morgan fingerprint density at radius 1 is 1.25 bits per heavy atom. The van der Waals surface area contributed by atoms with Crippen molar-refractivity contribution >= 4 is 12.7 Å². The van der Waals surface area contributed by atoms with Crippen LogP contribution in [-0.4, -0.2) is 41.1 Å². The van der Waals surface area contributed by atoms with Crippen LogP contribution >= 0.6 is 0 Å². The summed E-state index contributed by atoms with van der Waals surface area (Å²) in [5.74, 6) is -1.25. The van der Waals surface area contributed by atoms with Gasteiger partial charge >= 0.3 is 12.7 Å². The summed E-state index contributed by atoms with van der Waals surface area (Å²) in [6.07, 6.45) is 0.568. The summed E-state index contributed by atoms with van der Waals surface area (Å²) in [4.78, 5) is 11.5. The van der Waals surface area contributed by atoms with Gasteiger partial charge in [0, 0.05) is 0 Å². The Bertz CT molecular complexity index is 627. The zero-order valence-electron chi connectivity index (χ0n) is 10.4. The molecule has 3 aliphatic rings. The molecule has 2 atom stereocenters. The molecule has 106 valence electrons. The zero-order valence-corrected chi connectivity index (χ0v) is 10.4. The monoisotopic (exact) mass is 279 g/mol. The fraction of sp³-hybridized carbons (Fsp3) is 0.417. The van der Waals surface area contributed by atoms with Crippen molar-refractivity contribution in [3.8, 4) is 17.2 Å². The lowest BCUT2D eigenvalue weighted by molar-refractivity contribution is 0.0681. The van der Waals surface area contributed by atoms with E-state index in [2.05, 4.69) is 0 Å². The largest absolute Gasteiger partial charge is 0.669 e. The topological polar surface area (TPSA) is 105 Å². The summed E-state index contributed by atoms with van der Waals surface area (Å²) in [5, 5.41) is 29.1. The fourth-order valence-electron chi connectivity index (χ4n) is 3.10. The normalized spacial score (nSPS) is 27.9. The molecule has 0 radical (unpaired) electrons. The average molecular weight is 279 g/mol. The smallest absolute Gasteiger partial charge is 0.434 e. The quantitative estimate of drug-likeness (QED) is 0.636. The number of benzene rings is 1. The van der Waals surface area contributed by atoms with Crippen molar-refractivity contribution < 1.29 is 34.1 Å². The minimum absolute atomic E-state index is 0.00880. The predicted molar refractivity (Wildman–Crippen MR) is 66.3 cm³/mol. The third-order valence-electron chi connectivity index (χ3n) is 4.12. The number of hydrogen-bond acceptors (Lipinski definition) is 6. The van der Waals surface area contributed by atoms with Crippen molar-refractivity contribution in [2.24, 2.45) is 0 Å². The molecule has 7 nitrogen and oxygen atoms in total. The first-order valence-corrected chi connectivity index (χ1v) is 6.47. The Labute approximate surface area is 113 Å². The maximum absolute atomic E-state index is 11.5. The van der Waals surface area contributed by atoms with E-state index in [1.165, 1.54) is 0 Å². The van der Waals surface area contributed by atoms with Crippen molar-refractivity contribution in [3.05, 3.63) is 17.2 Å². The fourth-order valence-corrected chi connectivity index (χ4v) is 3.10. The molecule has 4 rings (SSSR count). The summed E-state index contributed by atoms with van der Waals surface area (Å²) < 4.78 is 16.0. The molecule has 0 bridgehead atoms. The van der Waals surface area contributed by atoms with E-state index in [1.807, 2.05) is 0 Å². The minimum Gasteiger partial charge on any atom is -0.669 e. The summed E-state index contributed by atoms with van der Waals surface area (Å²) in [7, 11) is 0. The van der Waals surface area contributed by atoms with Crippen molar-refractivity contribution in [3.63, 3.8) is 0 Å². The second-order valence-electron chi connectivity index (χ2n) is 5.38. The molecular formula is C12H12BO7-. The van der Waals surface area contributed by atoms with Crippen LogP contribution < -0.4 is 14.1 Å². The Morgan fingerprint density at radius 2 is 2.00 bits per heavy atom. The Hall–Kier alpha value is -1.93. The molecule has 1 aliphatic carbocycles. The highest BCUT2D eigenvalue weighted by Crippen LogP contribution is 2.64. The predicted octanol–water partition coefficient (Wildman–Crippen LogP) is 0.329. The number of carbonyl (C=O) groups is 1. The second-order valence-corrected chi connectivity index (χ2v) is 5.38. The van der Waals surface area contributed by atoms with Crippen LogP contribution in [0.2, 0.25) is 5.82 Å². The molecule has 0 saturated heterocycles. The van der Waals surface area contributed by atoms with Gasteiger partial charge in [-0.3, -0.25) is 0 Å². The number of aromatic carboxylic acids is 1. The highest BCUT2D eigenvalue weighted by Gasteiger charge is 2.56. The molecule has 3 N–H and O–H groups in total. The molecule has 0 unspecified atom stereocenters. The first kappa shape index (κ1) is 11.9. The van der Waals surface area contributed by atoms with Crippen LogP contribution in [0, 0.1) is 0 Å². The standard InChI is InChI=1S/C12H12BO7/c14-12(15)9-10-6(4-8-11(9)19-2-1-18-8)5-3-7(5)13(16,17)20-10/h4-5,7,16-17H,1-3H2,(H,14,15)/q-1/t5-,7-/m0/s1. The molecule has 1 aromatic carbocycles. The van der Waals surface area contributed by atoms with Gasteiger partial charge < -0.3 is 29.3 Å². The van der Waals surface area contributed by atoms with E-state index in [0.717, 1.165) is 0 Å². The second kappa shape index (κ2) is 3.59. The van der Waals surface area contributed by atoms with Crippen molar-refractivity contribution in [2.75, 3.05) is 13.2 Å². The highest BCUT2D eigenvalue weighted by atomic mass is 16.6. The molecule has 1 saturated carbocycles. The molecule has 0 amide bonds. The minimum atomic E-state index is -3.01. The SMILES string of the molecule is O=C(O)c1c2c(cc3c1O[B-](O)(O)[C@H]1C[C@@H]31)OCCO2. The van der Waals surface area contributed by atoms with Gasteiger partial charge in [-0.2, -0.15) is 0 Å². The van der Waals surface area contributed by atoms with Crippen LogP contribution in [0.1, 0.15) is 28.3 Å². The zero-order chi connectivity index (χ0) is 14.1. The van der Waals surface area contributed by atoms with Gasteiger partial charge in [-0.15, -0.1) is 0 Å². The van der Waals surface area contributed by atoms with Gasteiger partial charge in [0.1, 0.15) is 18.8 Å². The summed E-state index contributed by atoms with van der Waals surface area (Å²) in [6.45, 7) is -2.42. The molecule has 2 aliphatic heterocycles. The Kier molecular flexibility index (Phi) is 2.13. The number of fused-ring (bicyclic) bond motifs is 4. The van der Waals surface area contributed by atoms with Crippen LogP contribution in [0.25, 0.3) is 0 Å². The third-order valence-corrected chi connectivity index (χ3v) is 4.12. The Balaban J connectivity index is 1.96. The maximum atomic E-state index is 11.5. The molecule has 8 heteroatoms. The van der Waals surface area contributed by atoms with Gasteiger partial charge in [-0.1, -0.05) is 12.2 Å². The van der Waals surface area contributed by atoms with Crippen LogP contribution in [0.4, 0.5) is 0 Å². The lowest BCUT2D eigenvalue weighted by Gasteiger charge is -2.38. The van der Waals surface area contributed by atoms with E-state index in [0.29, 0.717) is 24.3 Å². The van der Waals surface area contributed by atoms with Crippen LogP contribution in [0.3, 0.4) is 0 Å². The molecule has 0 aromatic heterocycles. The van der Waals surface area contributed by atoms with Crippen LogP contribution in [0.5, 0.6) is 17.2 Å². The van der Waals surface area contributed by atoms with E-state index in [4.69, 9.17) is 14.1 Å². The van der Waals surface area contributed by atoms with Gasteiger partial charge in [-0.05, 0) is 17.5 Å². The van der Waals surface area contributed by atoms with Crippen molar-refractivity contribution in [1.29, 1.82) is 0 Å². The van der Waals surface area contributed by atoms with Gasteiger partial charge in [0.15, 0.2) is 11.5 Å². The average Bonchev–Trinajstić information content (AvgIpc) is 3.17. The van der Waals surface area contributed by atoms with Crippen molar-refractivity contribution in [1.82, 2.24) is 0 Å². The number of hydrogen-bond donors (Lipinski definition) is 3. The third kappa shape index (κ3) is 1.46. The Morgan fingerprint density at radius 3 is 2.75 bits per heavy atom. The first-order valence-electron chi connectivity index (χ1n) is 6.47. The molecule has 20 heavy (non-hydrogen) atoms. The lowest BCUT2D eigenvalue weighted by Crippen LogP contribution is -2.46. The van der Waals surface area contributed by atoms with Gasteiger partial charge in [0.25, 0.3) is 0 Å². The highest BCUT2D eigenvalue weighted by molar-refractivity contribution is 6.62. The first-order chi connectivity index (χ1) is 9.49. The van der Waals surface area contributed by atoms with Gasteiger partial charge in [-0.25, -0.2) is 4.79 Å². The molecule has 1 fully saturated rings. The summed E-state index contributed by atoms with van der Waals surface area (Å²) >= 11 is 0. The van der Waals surface area contributed by atoms with E-state index in [9.17, 15) is 19.9 Å². The molecule has 2 heterocycles. The number of rotatable bonds is 1. The van der Waals surface area contributed by atoms with Crippen molar-refractivity contribution in [2.45, 2.75) is 18.2 Å². The molecule has 1 aromatic rings. The summed E-state index contributed by atoms with van der Waals surface area (Å²) in [6, 6.07) is 1.69. The molecule has 0 spiro atoms. The maximum Gasteiger partial charge on any atom is 0.434 e. The van der Waals surface area contributed by atoms with E-state index in [1.54, 1.807) is 6.07 Å². The number of carboxylic acid groups (broad SMARTS) is 1. The van der Waals surface area contributed by atoms with Gasteiger partial charge in [0.2, 0.25) is 0 Å². The van der Waals surface area contributed by atoms with Gasteiger partial charge in [0.05, 0.1) is 5.75 Å². The van der Waals surface area contributed by atoms with E-state index >= 15 is 0 Å². The summed E-state index contributed by atoms with van der Waals surface area (Å²) in [5.41, 5.74) is 0.453. The van der Waals surface area contributed by atoms with Crippen LogP contribution in [0.15, 0.2) is 6.07 Å². The number of carboxylic acids is 1. The van der Waals surface area contributed by atoms with Crippen LogP contribution in [-0.2, 0) is 0 Å². The molecular weight excluding hydrogens is 267 g/mol. The lowest BCUT2D eigenvalue weighted by atomic mass is 9.68. The number of ether oxygens (including phenoxy) is 2.